The zero-order chi connectivity index (χ0) is 25.3. The fourth-order valence-electron chi connectivity index (χ4n) is 5.14. The maximum Gasteiger partial charge on any atom is 0.215 e. The van der Waals surface area contributed by atoms with E-state index in [2.05, 4.69) is 10.6 Å². The van der Waals surface area contributed by atoms with Crippen LogP contribution in [0.5, 0.6) is 0 Å². The lowest BCUT2D eigenvalue weighted by Crippen LogP contribution is -2.68. The van der Waals surface area contributed by atoms with E-state index in [9.17, 15) is 15.3 Å². The van der Waals surface area contributed by atoms with Gasteiger partial charge in [0.2, 0.25) is 6.29 Å². The predicted octanol–water partition coefficient (Wildman–Crippen LogP) is -2.81. The summed E-state index contributed by atoms with van der Waals surface area (Å²) in [5.41, 5.74) is 17.5. The molecule has 12 nitrogen and oxygen atoms in total. The first-order valence-electron chi connectivity index (χ1n) is 12.6. The van der Waals surface area contributed by atoms with Crippen molar-refractivity contribution in [1.82, 2.24) is 10.6 Å². The third-order valence-corrected chi connectivity index (χ3v) is 7.45. The summed E-state index contributed by atoms with van der Waals surface area (Å²) in [7, 11) is 1.63. The maximum atomic E-state index is 11.2. The molecule has 2 aliphatic heterocycles. The van der Waals surface area contributed by atoms with Crippen LogP contribution < -0.4 is 27.8 Å². The highest BCUT2D eigenvalue weighted by Crippen LogP contribution is 2.31. The third-order valence-electron chi connectivity index (χ3n) is 7.45. The molecule has 0 radical (unpaired) electrons. The zero-order valence-electron chi connectivity index (χ0n) is 20.6. The zero-order valence-corrected chi connectivity index (χ0v) is 20.6. The third kappa shape index (κ3) is 6.33. The van der Waals surface area contributed by atoms with E-state index in [0.29, 0.717) is 19.4 Å². The van der Waals surface area contributed by atoms with Gasteiger partial charge in [-0.2, -0.15) is 0 Å². The van der Waals surface area contributed by atoms with Crippen molar-refractivity contribution in [2.45, 2.75) is 99.4 Å². The Kier molecular flexibility index (Phi) is 8.71. The maximum absolute atomic E-state index is 11.2. The van der Waals surface area contributed by atoms with Crippen molar-refractivity contribution >= 4 is 0 Å². The summed E-state index contributed by atoms with van der Waals surface area (Å²) in [4.78, 5) is 0. The number of nitrogens with two attached hydrogens (primary N) is 3. The van der Waals surface area contributed by atoms with Gasteiger partial charge in [-0.15, -0.1) is 0 Å². The first kappa shape index (κ1) is 27.1. The van der Waals surface area contributed by atoms with E-state index in [4.69, 9.17) is 36.1 Å². The average Bonchev–Trinajstić information content (AvgIpc) is 3.62. The van der Waals surface area contributed by atoms with Crippen LogP contribution in [0.3, 0.4) is 0 Å². The van der Waals surface area contributed by atoms with Crippen molar-refractivity contribution < 1.29 is 34.3 Å². The topological polar surface area (TPSA) is 200 Å². The number of likely N-dealkylation sites (N-methyl/N-ethyl adjacent to an activating group) is 1. The lowest BCUT2D eigenvalue weighted by molar-refractivity contribution is -0.303. The lowest BCUT2D eigenvalue weighted by atomic mass is 9.84. The van der Waals surface area contributed by atoms with Crippen LogP contribution in [-0.2, 0) is 18.9 Å². The molecule has 0 spiro atoms. The largest absolute Gasteiger partial charge is 0.467 e. The van der Waals surface area contributed by atoms with Gasteiger partial charge in [-0.05, 0) is 58.2 Å². The van der Waals surface area contributed by atoms with Gasteiger partial charge >= 0.3 is 0 Å². The minimum atomic E-state index is -1.29. The predicted molar refractivity (Wildman–Crippen MR) is 127 cm³/mol. The molecule has 0 amide bonds. The second-order valence-corrected chi connectivity index (χ2v) is 10.7. The number of hydrogen-bond donors (Lipinski definition) is 8. The number of aliphatic hydroxyl groups excluding tert-OH is 2. The molecule has 11 N–H and O–H groups in total. The smallest absolute Gasteiger partial charge is 0.215 e. The normalized spacial score (nSPS) is 46.7. The summed E-state index contributed by atoms with van der Waals surface area (Å²) in [5.74, 6) is 1.51. The molecular formula is C23H43N5O7. The van der Waals surface area contributed by atoms with E-state index < -0.39 is 66.8 Å². The van der Waals surface area contributed by atoms with Crippen LogP contribution in [0.15, 0.2) is 11.8 Å². The van der Waals surface area contributed by atoms with Gasteiger partial charge < -0.3 is 62.1 Å². The molecule has 11 atom stereocenters. The van der Waals surface area contributed by atoms with Crippen LogP contribution in [0.4, 0.5) is 0 Å². The van der Waals surface area contributed by atoms with Crippen LogP contribution in [-0.4, -0.2) is 109 Å². The summed E-state index contributed by atoms with van der Waals surface area (Å²) in [6, 6.07) is -2.30. The van der Waals surface area contributed by atoms with Crippen LogP contribution in [0, 0.1) is 5.92 Å². The van der Waals surface area contributed by atoms with Crippen molar-refractivity contribution in [3.8, 4) is 0 Å². The monoisotopic (exact) mass is 501 g/mol. The van der Waals surface area contributed by atoms with Gasteiger partial charge in [-0.1, -0.05) is 0 Å². The van der Waals surface area contributed by atoms with Gasteiger partial charge in [0.05, 0.1) is 25.2 Å². The summed E-state index contributed by atoms with van der Waals surface area (Å²) in [6.07, 6.45) is -0.665. The van der Waals surface area contributed by atoms with Crippen LogP contribution in [0.1, 0.15) is 32.6 Å². The SMILES string of the molecule is CNC1C(O)C(OC2C(N)CC(N)C(OC3OC(CNCC4CC4)=CCC3N)C2O)OCC1(C)O. The van der Waals surface area contributed by atoms with E-state index in [-0.39, 0.29) is 6.61 Å². The Labute approximate surface area is 206 Å². The Balaban J connectivity index is 1.37. The van der Waals surface area contributed by atoms with Gasteiger partial charge in [0.25, 0.3) is 0 Å². The van der Waals surface area contributed by atoms with Crippen LogP contribution in [0.25, 0.3) is 0 Å². The van der Waals surface area contributed by atoms with E-state index in [0.717, 1.165) is 18.2 Å². The molecule has 2 heterocycles. The van der Waals surface area contributed by atoms with Crippen LogP contribution in [0.2, 0.25) is 0 Å². The fraction of sp³-hybridized carbons (Fsp3) is 0.913. The molecule has 0 bridgehead atoms. The number of aliphatic hydroxyl groups is 3. The second-order valence-electron chi connectivity index (χ2n) is 10.7. The summed E-state index contributed by atoms with van der Waals surface area (Å²) >= 11 is 0. The number of nitrogens with one attached hydrogen (secondary N) is 2. The first-order valence-corrected chi connectivity index (χ1v) is 12.6. The van der Waals surface area contributed by atoms with Crippen molar-refractivity contribution in [2.75, 3.05) is 26.7 Å². The highest BCUT2D eigenvalue weighted by atomic mass is 16.7. The van der Waals surface area contributed by atoms with Gasteiger partial charge in [0.15, 0.2) is 6.29 Å². The standard InChI is InChI=1S/C23H43N5O7/c1-23(31)10-32-22(17(30)20(23)27-2)35-19-15(26)7-14(25)18(16(19)29)34-21-13(24)6-5-12(33-21)9-28-8-11-3-4-11/h5,11,13-22,27-31H,3-4,6-10,24-26H2,1-2H3. The molecule has 0 aromatic heterocycles. The van der Waals surface area contributed by atoms with E-state index in [1.807, 2.05) is 6.08 Å². The summed E-state index contributed by atoms with van der Waals surface area (Å²) in [5, 5.41) is 38.6. The van der Waals surface area contributed by atoms with Crippen molar-refractivity contribution in [2.24, 2.45) is 23.1 Å². The van der Waals surface area contributed by atoms with Gasteiger partial charge in [0, 0.05) is 12.1 Å². The molecule has 3 fully saturated rings. The molecule has 2 saturated carbocycles. The Bertz CT molecular complexity index is 739. The second kappa shape index (κ2) is 11.2. The fourth-order valence-corrected chi connectivity index (χ4v) is 5.14. The molecule has 4 rings (SSSR count). The lowest BCUT2D eigenvalue weighted by Gasteiger charge is -2.48. The molecule has 12 heteroatoms. The molecule has 11 unspecified atom stereocenters. The average molecular weight is 502 g/mol. The minimum absolute atomic E-state index is 0.0631. The summed E-state index contributed by atoms with van der Waals surface area (Å²) in [6.45, 7) is 3.05. The van der Waals surface area contributed by atoms with Gasteiger partial charge in [-0.3, -0.25) is 0 Å². The molecule has 2 aliphatic carbocycles. The quantitative estimate of drug-likeness (QED) is 0.161. The van der Waals surface area contributed by atoms with E-state index >= 15 is 0 Å². The number of rotatable bonds is 9. The van der Waals surface area contributed by atoms with Gasteiger partial charge in [-0.25, -0.2) is 0 Å². The number of hydrogen-bond acceptors (Lipinski definition) is 12. The first-order chi connectivity index (χ1) is 16.6. The summed E-state index contributed by atoms with van der Waals surface area (Å²) < 4.78 is 23.7. The Morgan fingerprint density at radius 2 is 1.71 bits per heavy atom. The minimum Gasteiger partial charge on any atom is -0.467 e. The van der Waals surface area contributed by atoms with Crippen molar-refractivity contribution in [3.63, 3.8) is 0 Å². The molecule has 1 saturated heterocycles. The molecule has 202 valence electrons. The van der Waals surface area contributed by atoms with Gasteiger partial charge in [0.1, 0.15) is 35.8 Å². The molecule has 4 aliphatic rings. The Morgan fingerprint density at radius 1 is 1.06 bits per heavy atom. The highest BCUT2D eigenvalue weighted by molar-refractivity contribution is 5.05. The Hall–Kier alpha value is -0.900. The molecular weight excluding hydrogens is 458 g/mol. The van der Waals surface area contributed by atoms with Crippen molar-refractivity contribution in [3.05, 3.63) is 11.8 Å². The van der Waals surface area contributed by atoms with E-state index in [1.54, 1.807) is 14.0 Å². The van der Waals surface area contributed by atoms with E-state index in [1.165, 1.54) is 12.8 Å². The van der Waals surface area contributed by atoms with Crippen molar-refractivity contribution in [1.29, 1.82) is 0 Å². The highest BCUT2D eigenvalue weighted by Gasteiger charge is 2.50. The number of ether oxygens (including phenoxy) is 4. The Morgan fingerprint density at radius 3 is 2.34 bits per heavy atom. The molecule has 0 aromatic rings. The van der Waals surface area contributed by atoms with Crippen LogP contribution >= 0.6 is 0 Å². The molecule has 35 heavy (non-hydrogen) atoms. The molecule has 0 aromatic carbocycles.